The Kier molecular flexibility index (Phi) is 3.46. The maximum absolute atomic E-state index is 3.49. The molecule has 0 unspecified atom stereocenters. The van der Waals surface area contributed by atoms with Crippen LogP contribution in [-0.4, -0.2) is 47.9 Å². The summed E-state index contributed by atoms with van der Waals surface area (Å²) in [5.41, 5.74) is 0. The Hall–Kier alpha value is -4.00. The van der Waals surface area contributed by atoms with E-state index in [1.807, 2.05) is 0 Å². The molecule has 144 valence electrons. The number of rotatable bonds is 0. The minimum absolute atomic E-state index is 0.776. The Morgan fingerprint density at radius 2 is 0.793 bits per heavy atom. The van der Waals surface area contributed by atoms with E-state index in [0.29, 0.717) is 0 Å². The molecule has 0 saturated heterocycles. The molecule has 3 aliphatic heterocycles. The zero-order chi connectivity index (χ0) is 19.2. The second kappa shape index (κ2) is 6.27. The molecule has 6 rings (SSSR count). The summed E-state index contributed by atoms with van der Waals surface area (Å²) < 4.78 is 0. The first-order chi connectivity index (χ1) is 14.3. The number of hydrogen-bond acceptors (Lipinski definition) is 4. The van der Waals surface area contributed by atoms with Gasteiger partial charge in [0.15, 0.2) is 0 Å². The van der Waals surface area contributed by atoms with Crippen molar-refractivity contribution >= 4 is 24.8 Å². The van der Waals surface area contributed by atoms with Crippen LogP contribution < -0.4 is 21.4 Å². The minimum atomic E-state index is 0.776. The van der Waals surface area contributed by atoms with Crippen molar-refractivity contribution in [3.63, 3.8) is 0 Å². The molecule has 0 fully saturated rings. The zero-order valence-corrected chi connectivity index (χ0v) is 15.8. The van der Waals surface area contributed by atoms with Gasteiger partial charge in [0.05, 0.1) is 45.4 Å². The number of nitrogens with one attached hydrogen (secondary N) is 3. The number of aromatic nitrogens is 3. The van der Waals surface area contributed by atoms with Crippen LogP contribution in [0.3, 0.4) is 0 Å². The van der Waals surface area contributed by atoms with Crippen LogP contribution in [0, 0.1) is 10.7 Å². The second-order valence-electron chi connectivity index (χ2n) is 7.48. The molecule has 0 spiro atoms. The summed E-state index contributed by atoms with van der Waals surface area (Å²) in [4.78, 5) is 19.1. The monoisotopic (exact) mass is 383 g/mol. The smallest absolute Gasteiger partial charge is 0.0979 e. The Balaban J connectivity index is 1.50. The van der Waals surface area contributed by atoms with Gasteiger partial charge in [0.1, 0.15) is 0 Å². The van der Waals surface area contributed by atoms with Crippen molar-refractivity contribution in [1.82, 2.24) is 34.6 Å². The maximum Gasteiger partial charge on any atom is 0.0979 e. The summed E-state index contributed by atoms with van der Waals surface area (Å²) in [6.07, 6.45) is 16.8. The van der Waals surface area contributed by atoms with E-state index in [1.54, 1.807) is 0 Å². The highest BCUT2D eigenvalue weighted by molar-refractivity contribution is 5.32. The van der Waals surface area contributed by atoms with E-state index in [-0.39, 0.29) is 0 Å². The van der Waals surface area contributed by atoms with Gasteiger partial charge in [0, 0.05) is 49.6 Å². The Morgan fingerprint density at radius 1 is 0.448 bits per heavy atom. The molecular formula is C22H21N7. The predicted octanol–water partition coefficient (Wildman–Crippen LogP) is -0.284. The third-order valence-corrected chi connectivity index (χ3v) is 5.21. The summed E-state index contributed by atoms with van der Waals surface area (Å²) in [5, 5.41) is 6.44. The normalized spacial score (nSPS) is 18.5. The molecule has 6 heterocycles. The molecule has 0 aliphatic carbocycles. The van der Waals surface area contributed by atoms with E-state index in [0.717, 1.165) is 45.4 Å². The molecule has 10 bridgehead atoms. The summed E-state index contributed by atoms with van der Waals surface area (Å²) in [5.74, 6) is 0. The summed E-state index contributed by atoms with van der Waals surface area (Å²) in [6, 6.07) is 12.6. The van der Waals surface area contributed by atoms with Gasteiger partial charge in [-0.2, -0.15) is 0 Å². The zero-order valence-electron chi connectivity index (χ0n) is 15.8. The SMILES string of the molecule is C1=CN2C=c3cc/c([nH]3)=c3\ccc([nH]3)=CN3C=CN(C=c4ccc([nH]4)=CN1C2)C3. The van der Waals surface area contributed by atoms with Crippen LogP contribution in [0.2, 0.25) is 0 Å². The van der Waals surface area contributed by atoms with Crippen LogP contribution in [0.4, 0.5) is 0 Å². The summed E-state index contributed by atoms with van der Waals surface area (Å²) in [6.45, 7) is 1.55. The van der Waals surface area contributed by atoms with Crippen molar-refractivity contribution in [2.24, 2.45) is 0 Å². The fourth-order valence-corrected chi connectivity index (χ4v) is 3.83. The lowest BCUT2D eigenvalue weighted by Gasteiger charge is -2.14. The third kappa shape index (κ3) is 3.12. The third-order valence-electron chi connectivity index (χ3n) is 5.21. The number of H-pyrrole nitrogens is 3. The van der Waals surface area contributed by atoms with E-state index < -0.39 is 0 Å². The minimum Gasteiger partial charge on any atom is -0.353 e. The van der Waals surface area contributed by atoms with E-state index in [4.69, 9.17) is 0 Å². The average molecular weight is 383 g/mol. The highest BCUT2D eigenvalue weighted by atomic mass is 15.3. The van der Waals surface area contributed by atoms with Crippen molar-refractivity contribution in [1.29, 1.82) is 0 Å². The summed E-state index contributed by atoms with van der Waals surface area (Å²) in [7, 11) is 0. The topological polar surface area (TPSA) is 60.3 Å². The van der Waals surface area contributed by atoms with Gasteiger partial charge >= 0.3 is 0 Å². The molecular weight excluding hydrogens is 362 g/mol. The molecule has 0 aromatic carbocycles. The standard InChI is InChI=1S/C22H21N7/c1-2-18-12-27-8-10-29(16-27)14-20-4-6-22(25-20)21-5-3-19(24-21)13-28-9-7-26(15-28)11-17(1)23-18/h1-14,23-25H,15-16H2/b17-11?,18-12?,19-13?,20-14?,22-21-. The Morgan fingerprint density at radius 3 is 1.21 bits per heavy atom. The number of fused-ring (bicyclic) bond motifs is 10. The molecule has 7 heteroatoms. The quantitative estimate of drug-likeness (QED) is 0.500. The van der Waals surface area contributed by atoms with Crippen LogP contribution in [0.15, 0.2) is 61.2 Å². The fraction of sp³-hybridized carbons (Fsp3) is 0.0909. The Labute approximate surface area is 166 Å². The maximum atomic E-state index is 3.49. The molecule has 7 nitrogen and oxygen atoms in total. The second-order valence-corrected chi connectivity index (χ2v) is 7.48. The van der Waals surface area contributed by atoms with Gasteiger partial charge in [-0.05, 0) is 36.4 Å². The number of aromatic amines is 3. The molecule has 0 amide bonds. The first-order valence-electron chi connectivity index (χ1n) is 9.63. The van der Waals surface area contributed by atoms with Crippen LogP contribution >= 0.6 is 0 Å². The van der Waals surface area contributed by atoms with Gasteiger partial charge < -0.3 is 34.6 Å². The van der Waals surface area contributed by atoms with Crippen LogP contribution in [0.25, 0.3) is 24.8 Å². The molecule has 3 N–H and O–H groups in total. The predicted molar refractivity (Wildman–Crippen MR) is 112 cm³/mol. The van der Waals surface area contributed by atoms with Gasteiger partial charge in [-0.15, -0.1) is 0 Å². The number of hydrogen-bond donors (Lipinski definition) is 3. The fourth-order valence-electron chi connectivity index (χ4n) is 3.83. The largest absolute Gasteiger partial charge is 0.353 e. The van der Waals surface area contributed by atoms with Gasteiger partial charge in [-0.3, -0.25) is 0 Å². The van der Waals surface area contributed by atoms with Crippen molar-refractivity contribution in [3.8, 4) is 0 Å². The lowest BCUT2D eigenvalue weighted by atomic mass is 10.5. The molecule has 29 heavy (non-hydrogen) atoms. The van der Waals surface area contributed by atoms with E-state index in [1.165, 1.54) is 0 Å². The molecule has 0 saturated carbocycles. The molecule has 0 atom stereocenters. The van der Waals surface area contributed by atoms with E-state index in [2.05, 4.69) is 121 Å². The van der Waals surface area contributed by atoms with Crippen LogP contribution in [-0.2, 0) is 0 Å². The van der Waals surface area contributed by atoms with Crippen LogP contribution in [0.1, 0.15) is 0 Å². The lowest BCUT2D eigenvalue weighted by molar-refractivity contribution is 0.436. The van der Waals surface area contributed by atoms with Crippen molar-refractivity contribution in [2.75, 3.05) is 13.3 Å². The first kappa shape index (κ1) is 16.0. The Bertz CT molecular complexity index is 1340. The van der Waals surface area contributed by atoms with Crippen molar-refractivity contribution in [3.05, 3.63) is 93.3 Å². The van der Waals surface area contributed by atoms with E-state index in [9.17, 15) is 0 Å². The molecule has 3 aliphatic rings. The lowest BCUT2D eigenvalue weighted by Crippen LogP contribution is -2.23. The number of nitrogens with zero attached hydrogens (tertiary/aromatic N) is 4. The average Bonchev–Trinajstić information content (AvgIpc) is 3.50. The summed E-state index contributed by atoms with van der Waals surface area (Å²) >= 11 is 0. The highest BCUT2D eigenvalue weighted by Gasteiger charge is 2.09. The molecule has 3 aromatic rings. The van der Waals surface area contributed by atoms with Gasteiger partial charge in [-0.1, -0.05) is 0 Å². The van der Waals surface area contributed by atoms with E-state index >= 15 is 0 Å². The molecule has 3 aromatic heterocycles. The highest BCUT2D eigenvalue weighted by Crippen LogP contribution is 2.08. The molecule has 0 radical (unpaired) electrons. The van der Waals surface area contributed by atoms with Gasteiger partial charge in [0.2, 0.25) is 0 Å². The van der Waals surface area contributed by atoms with Gasteiger partial charge in [-0.25, -0.2) is 0 Å². The van der Waals surface area contributed by atoms with Crippen LogP contribution in [0.5, 0.6) is 0 Å². The van der Waals surface area contributed by atoms with Gasteiger partial charge in [0.25, 0.3) is 0 Å². The van der Waals surface area contributed by atoms with Crippen molar-refractivity contribution < 1.29 is 0 Å². The van der Waals surface area contributed by atoms with Crippen molar-refractivity contribution in [2.45, 2.75) is 0 Å². The first-order valence-corrected chi connectivity index (χ1v) is 9.63.